The normalized spacial score (nSPS) is 27.6. The van der Waals surface area contributed by atoms with E-state index in [1.165, 1.54) is 45.1 Å². The average molecular weight is 213 g/mol. The molecular weight excluding hydrogens is 186 g/mol. The highest BCUT2D eigenvalue weighted by molar-refractivity contribution is 4.74. The Morgan fingerprint density at radius 1 is 1.07 bits per heavy atom. The lowest BCUT2D eigenvalue weighted by molar-refractivity contribution is 0.156. The zero-order chi connectivity index (χ0) is 10.9. The Balaban J connectivity index is 2.00. The van der Waals surface area contributed by atoms with Crippen LogP contribution in [0.4, 0.5) is 0 Å². The lowest BCUT2D eigenvalue weighted by atomic mass is 10.1. The molecule has 0 bridgehead atoms. The molecular formula is C13H27NO. The molecule has 2 nitrogen and oxygen atoms in total. The third kappa shape index (κ3) is 6.16. The molecule has 0 aliphatic heterocycles. The predicted molar refractivity (Wildman–Crippen MR) is 65.0 cm³/mol. The quantitative estimate of drug-likeness (QED) is 0.525. The summed E-state index contributed by atoms with van der Waals surface area (Å²) in [4.78, 5) is 0. The van der Waals surface area contributed by atoms with Crippen molar-refractivity contribution >= 4 is 0 Å². The molecule has 15 heavy (non-hydrogen) atoms. The minimum absolute atomic E-state index is 0.0307. The summed E-state index contributed by atoms with van der Waals surface area (Å²) in [5.74, 6) is 0. The molecule has 1 saturated carbocycles. The van der Waals surface area contributed by atoms with Crippen LogP contribution in [0.15, 0.2) is 0 Å². The molecule has 0 saturated heterocycles. The maximum atomic E-state index is 9.52. The molecule has 0 spiro atoms. The van der Waals surface area contributed by atoms with Gasteiger partial charge in [0.1, 0.15) is 0 Å². The fourth-order valence-electron chi connectivity index (χ4n) is 2.34. The van der Waals surface area contributed by atoms with E-state index in [2.05, 4.69) is 12.2 Å². The molecule has 1 rings (SSSR count). The topological polar surface area (TPSA) is 32.3 Å². The van der Waals surface area contributed by atoms with Gasteiger partial charge in [0.15, 0.2) is 0 Å². The first-order valence-corrected chi connectivity index (χ1v) is 6.74. The van der Waals surface area contributed by atoms with E-state index >= 15 is 0 Å². The summed E-state index contributed by atoms with van der Waals surface area (Å²) in [6, 6.07) is 0.670. The maximum Gasteiger partial charge on any atom is 0.0540 e. The number of rotatable bonds is 6. The molecule has 1 aliphatic carbocycles. The van der Waals surface area contributed by atoms with Crippen LogP contribution in [0.3, 0.4) is 0 Å². The molecule has 1 aliphatic rings. The second-order valence-corrected chi connectivity index (χ2v) is 4.87. The summed E-state index contributed by atoms with van der Waals surface area (Å²) < 4.78 is 0. The van der Waals surface area contributed by atoms with Gasteiger partial charge in [0.25, 0.3) is 0 Å². The van der Waals surface area contributed by atoms with Gasteiger partial charge in [-0.3, -0.25) is 0 Å². The van der Waals surface area contributed by atoms with Gasteiger partial charge in [0.2, 0.25) is 0 Å². The third-order valence-electron chi connectivity index (χ3n) is 3.40. The van der Waals surface area contributed by atoms with Gasteiger partial charge in [-0.05, 0) is 45.1 Å². The second kappa shape index (κ2) is 8.12. The maximum absolute atomic E-state index is 9.52. The highest BCUT2D eigenvalue weighted by Gasteiger charge is 2.15. The molecule has 90 valence electrons. The van der Waals surface area contributed by atoms with E-state index in [0.717, 1.165) is 19.3 Å². The molecule has 0 aromatic carbocycles. The van der Waals surface area contributed by atoms with E-state index < -0.39 is 0 Å². The minimum atomic E-state index is -0.0307. The summed E-state index contributed by atoms with van der Waals surface area (Å²) >= 11 is 0. The summed E-state index contributed by atoms with van der Waals surface area (Å²) in [6.45, 7) is 3.42. The van der Waals surface area contributed by atoms with Crippen molar-refractivity contribution in [1.29, 1.82) is 0 Å². The first-order valence-electron chi connectivity index (χ1n) is 6.74. The fourth-order valence-corrected chi connectivity index (χ4v) is 2.34. The van der Waals surface area contributed by atoms with Crippen molar-refractivity contribution in [2.45, 2.75) is 76.9 Å². The van der Waals surface area contributed by atoms with Crippen molar-refractivity contribution < 1.29 is 5.11 Å². The van der Waals surface area contributed by atoms with E-state index in [1.807, 2.05) is 0 Å². The second-order valence-electron chi connectivity index (χ2n) is 4.87. The Labute approximate surface area is 94.5 Å². The van der Waals surface area contributed by atoms with E-state index in [4.69, 9.17) is 0 Å². The van der Waals surface area contributed by atoms with Crippen molar-refractivity contribution in [1.82, 2.24) is 5.32 Å². The number of aliphatic hydroxyl groups is 1. The van der Waals surface area contributed by atoms with Crippen LogP contribution >= 0.6 is 0 Å². The molecule has 2 atom stereocenters. The van der Waals surface area contributed by atoms with Crippen molar-refractivity contribution in [2.24, 2.45) is 0 Å². The van der Waals surface area contributed by atoms with Crippen molar-refractivity contribution in [2.75, 3.05) is 6.54 Å². The van der Waals surface area contributed by atoms with Crippen LogP contribution in [0.25, 0.3) is 0 Å². The van der Waals surface area contributed by atoms with Gasteiger partial charge in [-0.2, -0.15) is 0 Å². The summed E-state index contributed by atoms with van der Waals surface area (Å²) in [6.07, 6.45) is 10.9. The Morgan fingerprint density at radius 3 is 2.73 bits per heavy atom. The van der Waals surface area contributed by atoms with Gasteiger partial charge in [0.05, 0.1) is 6.10 Å². The van der Waals surface area contributed by atoms with Crippen LogP contribution in [-0.2, 0) is 0 Å². The van der Waals surface area contributed by atoms with Gasteiger partial charge >= 0.3 is 0 Å². The monoisotopic (exact) mass is 213 g/mol. The lowest BCUT2D eigenvalue weighted by Crippen LogP contribution is -2.29. The van der Waals surface area contributed by atoms with Crippen LogP contribution in [0.2, 0.25) is 0 Å². The van der Waals surface area contributed by atoms with Crippen LogP contribution in [0, 0.1) is 0 Å². The Morgan fingerprint density at radius 2 is 1.93 bits per heavy atom. The SMILES string of the molecule is CCCCCCN[C@@H]1CCC[C@@H](O)CC1. The van der Waals surface area contributed by atoms with Crippen LogP contribution in [0.5, 0.6) is 0 Å². The molecule has 0 radical (unpaired) electrons. The minimum Gasteiger partial charge on any atom is -0.393 e. The summed E-state index contributed by atoms with van der Waals surface area (Å²) in [5.41, 5.74) is 0. The standard InChI is InChI=1S/C13H27NO/c1-2-3-4-5-11-14-12-7-6-8-13(15)10-9-12/h12-15H,2-11H2,1H3/t12-,13-/m1/s1. The molecule has 1 fully saturated rings. The van der Waals surface area contributed by atoms with Crippen molar-refractivity contribution in [3.63, 3.8) is 0 Å². The predicted octanol–water partition coefficient (Wildman–Crippen LogP) is 2.85. The first kappa shape index (κ1) is 13.0. The van der Waals surface area contributed by atoms with Crippen LogP contribution in [0.1, 0.15) is 64.7 Å². The van der Waals surface area contributed by atoms with Gasteiger partial charge in [-0.25, -0.2) is 0 Å². The van der Waals surface area contributed by atoms with Gasteiger partial charge in [-0.15, -0.1) is 0 Å². The first-order chi connectivity index (χ1) is 7.33. The molecule has 0 aromatic rings. The zero-order valence-corrected chi connectivity index (χ0v) is 10.2. The van der Waals surface area contributed by atoms with Crippen LogP contribution in [-0.4, -0.2) is 23.8 Å². The van der Waals surface area contributed by atoms with Crippen LogP contribution < -0.4 is 5.32 Å². The smallest absolute Gasteiger partial charge is 0.0540 e. The largest absolute Gasteiger partial charge is 0.393 e. The Kier molecular flexibility index (Phi) is 7.03. The van der Waals surface area contributed by atoms with E-state index in [-0.39, 0.29) is 6.10 Å². The molecule has 0 aromatic heterocycles. The van der Waals surface area contributed by atoms with Gasteiger partial charge in [-0.1, -0.05) is 26.2 Å². The Hall–Kier alpha value is -0.0800. The molecule has 2 heteroatoms. The molecule has 0 heterocycles. The number of aliphatic hydroxyl groups excluding tert-OH is 1. The number of nitrogens with one attached hydrogen (secondary N) is 1. The van der Waals surface area contributed by atoms with Gasteiger partial charge in [0, 0.05) is 6.04 Å². The van der Waals surface area contributed by atoms with E-state index in [9.17, 15) is 5.11 Å². The van der Waals surface area contributed by atoms with E-state index in [1.54, 1.807) is 0 Å². The lowest BCUT2D eigenvalue weighted by Gasteiger charge is -2.15. The van der Waals surface area contributed by atoms with E-state index in [0.29, 0.717) is 6.04 Å². The average Bonchev–Trinajstić information content (AvgIpc) is 2.43. The number of unbranched alkanes of at least 4 members (excludes halogenated alkanes) is 3. The summed E-state index contributed by atoms with van der Waals surface area (Å²) in [5, 5.41) is 13.2. The van der Waals surface area contributed by atoms with Gasteiger partial charge < -0.3 is 10.4 Å². The summed E-state index contributed by atoms with van der Waals surface area (Å²) in [7, 11) is 0. The Bertz CT molecular complexity index is 149. The van der Waals surface area contributed by atoms with Crippen molar-refractivity contribution in [3.05, 3.63) is 0 Å². The number of hydrogen-bond acceptors (Lipinski definition) is 2. The third-order valence-corrected chi connectivity index (χ3v) is 3.40. The molecule has 0 amide bonds. The highest BCUT2D eigenvalue weighted by Crippen LogP contribution is 2.17. The molecule has 0 unspecified atom stereocenters. The fraction of sp³-hybridized carbons (Fsp3) is 1.00. The highest BCUT2D eigenvalue weighted by atomic mass is 16.3. The van der Waals surface area contributed by atoms with Crippen molar-refractivity contribution in [3.8, 4) is 0 Å². The number of hydrogen-bond donors (Lipinski definition) is 2. The molecule has 2 N–H and O–H groups in total. The zero-order valence-electron chi connectivity index (χ0n) is 10.2.